The molecule has 2 aromatic carbocycles. The predicted octanol–water partition coefficient (Wildman–Crippen LogP) is 4.03. The van der Waals surface area contributed by atoms with Gasteiger partial charge in [0.1, 0.15) is 12.1 Å². The number of para-hydroxylation sites is 2. The molecular formula is C20H22N4OS. The molecule has 0 atom stereocenters. The fraction of sp³-hybridized carbons (Fsp3) is 0.300. The van der Waals surface area contributed by atoms with E-state index in [1.54, 1.807) is 13.4 Å². The lowest BCUT2D eigenvalue weighted by Crippen LogP contribution is -2.29. The van der Waals surface area contributed by atoms with Gasteiger partial charge in [0.15, 0.2) is 0 Å². The predicted molar refractivity (Wildman–Crippen MR) is 104 cm³/mol. The smallest absolute Gasteiger partial charge is 0.203 e. The van der Waals surface area contributed by atoms with Crippen LogP contribution in [-0.4, -0.2) is 32.4 Å². The summed E-state index contributed by atoms with van der Waals surface area (Å²) in [5.74, 6) is 0.927. The minimum Gasteiger partial charge on any atom is -0.496 e. The summed E-state index contributed by atoms with van der Waals surface area (Å²) in [4.78, 5) is 2.43. The van der Waals surface area contributed by atoms with E-state index in [-0.39, 0.29) is 0 Å². The molecule has 0 N–H and O–H groups in total. The van der Waals surface area contributed by atoms with Gasteiger partial charge >= 0.3 is 0 Å². The first-order chi connectivity index (χ1) is 12.8. The van der Waals surface area contributed by atoms with E-state index in [1.165, 1.54) is 18.4 Å². The average Bonchev–Trinajstić information content (AvgIpc) is 3.47. The molecule has 1 heterocycles. The fourth-order valence-electron chi connectivity index (χ4n) is 3.16. The van der Waals surface area contributed by atoms with Gasteiger partial charge in [0.05, 0.1) is 13.8 Å². The van der Waals surface area contributed by atoms with Crippen LogP contribution in [0.3, 0.4) is 0 Å². The van der Waals surface area contributed by atoms with Crippen LogP contribution in [0.2, 0.25) is 0 Å². The van der Waals surface area contributed by atoms with E-state index in [1.807, 2.05) is 51.7 Å². The molecule has 0 spiro atoms. The van der Waals surface area contributed by atoms with Crippen molar-refractivity contribution in [2.45, 2.75) is 32.1 Å². The van der Waals surface area contributed by atoms with Crippen molar-refractivity contribution >= 4 is 12.2 Å². The minimum absolute atomic E-state index is 0.587. The van der Waals surface area contributed by atoms with E-state index in [0.717, 1.165) is 18.0 Å². The van der Waals surface area contributed by atoms with Crippen LogP contribution in [-0.2, 0) is 13.2 Å². The molecule has 0 aliphatic heterocycles. The van der Waals surface area contributed by atoms with Gasteiger partial charge in [-0.2, -0.15) is 5.10 Å². The molecule has 6 heteroatoms. The molecule has 0 bridgehead atoms. The van der Waals surface area contributed by atoms with Gasteiger partial charge in [-0.1, -0.05) is 36.4 Å². The molecule has 4 rings (SSSR count). The van der Waals surface area contributed by atoms with Crippen LogP contribution in [0.5, 0.6) is 5.75 Å². The average molecular weight is 366 g/mol. The molecule has 0 unspecified atom stereocenters. The molecule has 0 saturated heterocycles. The summed E-state index contributed by atoms with van der Waals surface area (Å²) in [5, 5.41) is 4.53. The van der Waals surface area contributed by atoms with Gasteiger partial charge in [-0.15, -0.1) is 0 Å². The summed E-state index contributed by atoms with van der Waals surface area (Å²) in [7, 11) is 1.72. The second kappa shape index (κ2) is 7.43. The Morgan fingerprint density at radius 3 is 2.58 bits per heavy atom. The van der Waals surface area contributed by atoms with E-state index < -0.39 is 0 Å². The van der Waals surface area contributed by atoms with E-state index in [9.17, 15) is 0 Å². The molecule has 1 aromatic heterocycles. The van der Waals surface area contributed by atoms with Gasteiger partial charge in [0, 0.05) is 23.8 Å². The Morgan fingerprint density at radius 2 is 1.85 bits per heavy atom. The van der Waals surface area contributed by atoms with Crippen molar-refractivity contribution in [3.8, 4) is 11.4 Å². The van der Waals surface area contributed by atoms with E-state index in [4.69, 9.17) is 17.0 Å². The summed E-state index contributed by atoms with van der Waals surface area (Å²) < 4.78 is 10.1. The lowest BCUT2D eigenvalue weighted by molar-refractivity contribution is 0.184. The number of aromatic nitrogens is 3. The first-order valence-electron chi connectivity index (χ1n) is 8.82. The molecule has 26 heavy (non-hydrogen) atoms. The van der Waals surface area contributed by atoms with Gasteiger partial charge in [-0.25, -0.2) is 4.68 Å². The van der Waals surface area contributed by atoms with Crippen molar-refractivity contribution in [1.82, 2.24) is 19.2 Å². The summed E-state index contributed by atoms with van der Waals surface area (Å²) in [6.45, 7) is 1.51. The molecule has 1 saturated carbocycles. The minimum atomic E-state index is 0.587. The van der Waals surface area contributed by atoms with Crippen LogP contribution < -0.4 is 4.74 Å². The third-order valence-electron chi connectivity index (χ3n) is 4.71. The Bertz CT molecular complexity index is 930. The lowest BCUT2D eigenvalue weighted by Gasteiger charge is -2.22. The standard InChI is InChI=1S/C20H22N4OS/c1-25-19-10-6-5-7-16(19)13-22(17-11-12-17)15-24-20(26)23(14-21-24)18-8-3-2-4-9-18/h2-10,14,17H,11-13,15H2,1H3. The van der Waals surface area contributed by atoms with Gasteiger partial charge in [-0.3, -0.25) is 9.47 Å². The maximum Gasteiger partial charge on any atom is 0.203 e. The Hall–Kier alpha value is -2.44. The number of ether oxygens (including phenoxy) is 1. The van der Waals surface area contributed by atoms with Gasteiger partial charge in [0.2, 0.25) is 4.77 Å². The molecule has 1 aliphatic carbocycles. The van der Waals surface area contributed by atoms with Crippen LogP contribution in [0, 0.1) is 4.77 Å². The number of benzene rings is 2. The topological polar surface area (TPSA) is 35.2 Å². The highest BCUT2D eigenvalue weighted by Gasteiger charge is 2.30. The Labute approximate surface area is 158 Å². The summed E-state index contributed by atoms with van der Waals surface area (Å²) in [6, 6.07) is 18.9. The number of nitrogens with zero attached hydrogens (tertiary/aromatic N) is 4. The molecule has 1 aliphatic rings. The molecule has 0 amide bonds. The van der Waals surface area contributed by atoms with Crippen molar-refractivity contribution in [2.75, 3.05) is 7.11 Å². The molecule has 0 radical (unpaired) electrons. The van der Waals surface area contributed by atoms with Crippen molar-refractivity contribution < 1.29 is 4.74 Å². The van der Waals surface area contributed by atoms with Crippen molar-refractivity contribution in [3.63, 3.8) is 0 Å². The number of hydrogen-bond acceptors (Lipinski definition) is 4. The van der Waals surface area contributed by atoms with Crippen LogP contribution in [0.4, 0.5) is 0 Å². The summed E-state index contributed by atoms with van der Waals surface area (Å²) in [6.07, 6.45) is 4.25. The summed E-state index contributed by atoms with van der Waals surface area (Å²) in [5.41, 5.74) is 2.22. The van der Waals surface area contributed by atoms with Crippen LogP contribution in [0.1, 0.15) is 18.4 Å². The fourth-order valence-corrected chi connectivity index (χ4v) is 3.42. The molecule has 1 fully saturated rings. The third-order valence-corrected chi connectivity index (χ3v) is 5.12. The van der Waals surface area contributed by atoms with Crippen molar-refractivity contribution in [1.29, 1.82) is 0 Å². The zero-order valence-electron chi connectivity index (χ0n) is 14.8. The Kier molecular flexibility index (Phi) is 4.86. The Morgan fingerprint density at radius 1 is 1.12 bits per heavy atom. The molecule has 5 nitrogen and oxygen atoms in total. The normalized spacial score (nSPS) is 13.9. The highest BCUT2D eigenvalue weighted by atomic mass is 32.1. The quantitative estimate of drug-likeness (QED) is 0.591. The van der Waals surface area contributed by atoms with E-state index in [0.29, 0.717) is 17.5 Å². The van der Waals surface area contributed by atoms with E-state index in [2.05, 4.69) is 22.1 Å². The maximum atomic E-state index is 5.66. The lowest BCUT2D eigenvalue weighted by atomic mass is 10.2. The molecule has 134 valence electrons. The van der Waals surface area contributed by atoms with Gasteiger partial charge < -0.3 is 4.74 Å². The van der Waals surface area contributed by atoms with Crippen molar-refractivity contribution in [3.05, 3.63) is 71.3 Å². The summed E-state index contributed by atoms with van der Waals surface area (Å²) >= 11 is 5.66. The monoisotopic (exact) mass is 366 g/mol. The highest BCUT2D eigenvalue weighted by Crippen LogP contribution is 2.30. The highest BCUT2D eigenvalue weighted by molar-refractivity contribution is 7.71. The molecular weight excluding hydrogens is 344 g/mol. The first-order valence-corrected chi connectivity index (χ1v) is 9.23. The Balaban J connectivity index is 1.57. The number of hydrogen-bond donors (Lipinski definition) is 0. The zero-order chi connectivity index (χ0) is 17.9. The number of rotatable bonds is 7. The maximum absolute atomic E-state index is 5.66. The van der Waals surface area contributed by atoms with Crippen LogP contribution >= 0.6 is 12.2 Å². The van der Waals surface area contributed by atoms with Crippen LogP contribution in [0.25, 0.3) is 5.69 Å². The van der Waals surface area contributed by atoms with E-state index >= 15 is 0 Å². The van der Waals surface area contributed by atoms with Crippen LogP contribution in [0.15, 0.2) is 60.9 Å². The second-order valence-electron chi connectivity index (χ2n) is 6.55. The second-order valence-corrected chi connectivity index (χ2v) is 6.92. The van der Waals surface area contributed by atoms with Gasteiger partial charge in [0.25, 0.3) is 0 Å². The zero-order valence-corrected chi connectivity index (χ0v) is 15.6. The first kappa shape index (κ1) is 17.0. The van der Waals surface area contributed by atoms with Crippen molar-refractivity contribution in [2.24, 2.45) is 0 Å². The van der Waals surface area contributed by atoms with Gasteiger partial charge in [-0.05, 0) is 43.3 Å². The molecule has 3 aromatic rings. The largest absolute Gasteiger partial charge is 0.496 e. The number of methoxy groups -OCH3 is 1. The SMILES string of the molecule is COc1ccccc1CN(Cn1ncn(-c2ccccc2)c1=S)C1CC1. The third kappa shape index (κ3) is 3.57.